The van der Waals surface area contributed by atoms with Crippen LogP contribution in [0.25, 0.3) is 16.6 Å². The number of pyridine rings is 1. The third-order valence-electron chi connectivity index (χ3n) is 6.44. The van der Waals surface area contributed by atoms with Gasteiger partial charge in [-0.3, -0.25) is 19.1 Å². The molecule has 220 valence electrons. The van der Waals surface area contributed by atoms with Gasteiger partial charge in [-0.1, -0.05) is 0 Å². The van der Waals surface area contributed by atoms with Crippen LogP contribution in [0.3, 0.4) is 0 Å². The van der Waals surface area contributed by atoms with E-state index in [0.717, 1.165) is 29.0 Å². The highest BCUT2D eigenvalue weighted by atomic mass is 19.1. The Bertz CT molecular complexity index is 1960. The highest BCUT2D eigenvalue weighted by Gasteiger charge is 2.20. The molecule has 0 aliphatic rings. The fraction of sp³-hybridized carbons (Fsp3) is 0.133. The van der Waals surface area contributed by atoms with Crippen molar-refractivity contribution in [3.05, 3.63) is 111 Å². The summed E-state index contributed by atoms with van der Waals surface area (Å²) in [6.45, 7) is -0.675. The molecular weight excluding hydrogens is 566 g/mol. The van der Waals surface area contributed by atoms with Gasteiger partial charge in [0.2, 0.25) is 0 Å². The van der Waals surface area contributed by atoms with Gasteiger partial charge in [0.1, 0.15) is 17.1 Å². The smallest absolute Gasteiger partial charge is 0.335 e. The summed E-state index contributed by atoms with van der Waals surface area (Å²) < 4.78 is 46.7. The Morgan fingerprint density at radius 2 is 1.65 bits per heavy atom. The van der Waals surface area contributed by atoms with Crippen LogP contribution < -0.4 is 30.8 Å². The summed E-state index contributed by atoms with van der Waals surface area (Å²) >= 11 is 0. The van der Waals surface area contributed by atoms with Gasteiger partial charge in [-0.25, -0.2) is 18.1 Å². The molecule has 0 atom stereocenters. The number of hydrogen-bond donors (Lipinski definition) is 2. The molecule has 5 rings (SSSR count). The number of carbonyl (C=O) groups excluding carboxylic acids is 1. The van der Waals surface area contributed by atoms with E-state index < -0.39 is 41.0 Å². The molecule has 0 radical (unpaired) electrons. The molecule has 0 spiro atoms. The van der Waals surface area contributed by atoms with Crippen LogP contribution in [-0.2, 0) is 6.54 Å². The van der Waals surface area contributed by atoms with Gasteiger partial charge in [0.25, 0.3) is 11.5 Å². The number of benzene rings is 3. The normalized spacial score (nSPS) is 10.9. The van der Waals surface area contributed by atoms with E-state index in [9.17, 15) is 23.9 Å². The van der Waals surface area contributed by atoms with Gasteiger partial charge in [0.15, 0.2) is 23.1 Å². The molecule has 0 fully saturated rings. The van der Waals surface area contributed by atoms with Crippen LogP contribution in [0.5, 0.6) is 23.0 Å². The Labute approximate surface area is 242 Å². The number of halogens is 2. The zero-order chi connectivity index (χ0) is 30.7. The molecule has 0 aliphatic carbocycles. The van der Waals surface area contributed by atoms with Crippen molar-refractivity contribution in [2.24, 2.45) is 0 Å². The number of fused-ring (bicyclic) bond motifs is 1. The summed E-state index contributed by atoms with van der Waals surface area (Å²) in [7, 11) is 2.97. The first-order valence-corrected chi connectivity index (χ1v) is 12.8. The van der Waals surface area contributed by atoms with Crippen LogP contribution in [0, 0.1) is 11.6 Å². The van der Waals surface area contributed by atoms with E-state index >= 15 is 4.39 Å². The first-order chi connectivity index (χ1) is 20.7. The van der Waals surface area contributed by atoms with Crippen molar-refractivity contribution in [2.45, 2.75) is 6.54 Å². The maximum atomic E-state index is 15.2. The van der Waals surface area contributed by atoms with Gasteiger partial charge in [-0.05, 0) is 48.5 Å². The highest BCUT2D eigenvalue weighted by molar-refractivity contribution is 6.04. The molecule has 11 nitrogen and oxygen atoms in total. The molecule has 43 heavy (non-hydrogen) atoms. The van der Waals surface area contributed by atoms with E-state index in [-0.39, 0.29) is 29.4 Å². The number of hydrogen-bond acceptors (Lipinski definition) is 8. The number of aliphatic hydroxyl groups is 1. The second-order valence-corrected chi connectivity index (χ2v) is 9.09. The van der Waals surface area contributed by atoms with Crippen LogP contribution in [0.1, 0.15) is 10.4 Å². The average molecular weight is 591 g/mol. The largest absolute Gasteiger partial charge is 0.493 e. The molecule has 1 amide bonds. The average Bonchev–Trinajstić information content (AvgIpc) is 3.00. The Hall–Kier alpha value is -5.56. The van der Waals surface area contributed by atoms with Gasteiger partial charge in [-0.15, -0.1) is 0 Å². The van der Waals surface area contributed by atoms with E-state index in [0.29, 0.717) is 27.0 Å². The lowest BCUT2D eigenvalue weighted by atomic mass is 10.1. The number of nitrogens with zero attached hydrogens (tertiary/aromatic N) is 3. The first kappa shape index (κ1) is 29.0. The number of methoxy groups -OCH3 is 2. The quantitative estimate of drug-likeness (QED) is 0.264. The van der Waals surface area contributed by atoms with Crippen molar-refractivity contribution in [3.8, 4) is 28.7 Å². The fourth-order valence-corrected chi connectivity index (χ4v) is 4.36. The number of carbonyl (C=O) groups is 1. The van der Waals surface area contributed by atoms with Crippen molar-refractivity contribution in [1.29, 1.82) is 0 Å². The standard InChI is InChI=1S/C30H24F2N4O7/c1-41-26-14-20-23(15-27(26)42-2)33-10-9-24(20)43-25-8-5-18(13-22(25)32)34-28(38)21-16-35(11-12-37)30(40)36(29(21)39)19-6-3-17(31)4-7-19/h3-10,13-16,37H,11-12H2,1-2H3,(H,34,38). The number of ether oxygens (including phenoxy) is 3. The van der Waals surface area contributed by atoms with Crippen LogP contribution in [0.4, 0.5) is 14.5 Å². The Kier molecular flexibility index (Phi) is 8.16. The van der Waals surface area contributed by atoms with Gasteiger partial charge < -0.3 is 24.6 Å². The molecule has 2 N–H and O–H groups in total. The maximum absolute atomic E-state index is 15.2. The van der Waals surface area contributed by atoms with E-state index in [1.165, 1.54) is 44.7 Å². The molecule has 5 aromatic rings. The van der Waals surface area contributed by atoms with Crippen LogP contribution in [0.2, 0.25) is 0 Å². The minimum absolute atomic E-state index is 0.00603. The zero-order valence-electron chi connectivity index (χ0n) is 22.8. The molecule has 0 saturated carbocycles. The third-order valence-corrected chi connectivity index (χ3v) is 6.44. The van der Waals surface area contributed by atoms with Crippen molar-refractivity contribution in [1.82, 2.24) is 14.1 Å². The van der Waals surface area contributed by atoms with Gasteiger partial charge in [0.05, 0.1) is 38.6 Å². The molecular formula is C30H24F2N4O7. The summed E-state index contributed by atoms with van der Waals surface area (Å²) in [5, 5.41) is 12.4. The lowest BCUT2D eigenvalue weighted by Gasteiger charge is -2.14. The zero-order valence-corrected chi connectivity index (χ0v) is 22.8. The monoisotopic (exact) mass is 590 g/mol. The van der Waals surface area contributed by atoms with Gasteiger partial charge in [-0.2, -0.15) is 0 Å². The van der Waals surface area contributed by atoms with Crippen LogP contribution in [0.15, 0.2) is 82.6 Å². The Balaban J connectivity index is 1.44. The summed E-state index contributed by atoms with van der Waals surface area (Å²) in [4.78, 5) is 43.5. The maximum Gasteiger partial charge on any atom is 0.335 e. The predicted octanol–water partition coefficient (Wildman–Crippen LogP) is 3.88. The number of amides is 1. The minimum Gasteiger partial charge on any atom is -0.493 e. The van der Waals surface area contributed by atoms with Crippen molar-refractivity contribution < 1.29 is 32.9 Å². The Morgan fingerprint density at radius 3 is 2.33 bits per heavy atom. The molecule has 0 saturated heterocycles. The Morgan fingerprint density at radius 1 is 0.930 bits per heavy atom. The molecule has 0 aliphatic heterocycles. The van der Waals surface area contributed by atoms with Gasteiger partial charge in [0, 0.05) is 35.6 Å². The lowest BCUT2D eigenvalue weighted by molar-refractivity contribution is 0.102. The minimum atomic E-state index is -0.986. The highest BCUT2D eigenvalue weighted by Crippen LogP contribution is 2.37. The number of aliphatic hydroxyl groups excluding tert-OH is 1. The van der Waals surface area contributed by atoms with E-state index in [1.807, 2.05) is 0 Å². The second kappa shape index (κ2) is 12.1. The summed E-state index contributed by atoms with van der Waals surface area (Å²) in [5.41, 5.74) is -1.76. The van der Waals surface area contributed by atoms with Crippen molar-refractivity contribution in [3.63, 3.8) is 0 Å². The lowest BCUT2D eigenvalue weighted by Crippen LogP contribution is -2.42. The molecule has 13 heteroatoms. The number of aromatic nitrogens is 3. The first-order valence-electron chi connectivity index (χ1n) is 12.8. The van der Waals surface area contributed by atoms with Crippen LogP contribution >= 0.6 is 0 Å². The van der Waals surface area contributed by atoms with E-state index in [1.54, 1.807) is 18.2 Å². The molecule has 0 bridgehead atoms. The molecule has 0 unspecified atom stereocenters. The predicted molar refractivity (Wildman–Crippen MR) is 153 cm³/mol. The fourth-order valence-electron chi connectivity index (χ4n) is 4.36. The SMILES string of the molecule is COc1cc2nccc(Oc3ccc(NC(=O)c4cn(CCO)c(=O)n(-c5ccc(F)cc5)c4=O)cc3F)c2cc1OC. The molecule has 2 aromatic heterocycles. The number of anilines is 1. The van der Waals surface area contributed by atoms with Crippen molar-refractivity contribution in [2.75, 3.05) is 26.1 Å². The van der Waals surface area contributed by atoms with Crippen LogP contribution in [-0.4, -0.2) is 46.0 Å². The number of nitrogens with one attached hydrogen (secondary N) is 1. The molecule has 3 aromatic carbocycles. The molecule has 2 heterocycles. The number of rotatable bonds is 9. The third kappa shape index (κ3) is 5.78. The van der Waals surface area contributed by atoms with E-state index in [4.69, 9.17) is 14.2 Å². The van der Waals surface area contributed by atoms with Crippen molar-refractivity contribution >= 4 is 22.5 Å². The topological polar surface area (TPSA) is 134 Å². The van der Waals surface area contributed by atoms with Gasteiger partial charge >= 0.3 is 5.69 Å². The van der Waals surface area contributed by atoms with E-state index in [2.05, 4.69) is 10.3 Å². The summed E-state index contributed by atoms with van der Waals surface area (Å²) in [6, 6.07) is 13.0. The summed E-state index contributed by atoms with van der Waals surface area (Å²) in [6.07, 6.45) is 2.49. The second-order valence-electron chi connectivity index (χ2n) is 9.09. The summed E-state index contributed by atoms with van der Waals surface area (Å²) in [5.74, 6) is -1.34.